The number of aromatic nitrogens is 2. The molecule has 1 heterocycles. The lowest BCUT2D eigenvalue weighted by atomic mass is 10.2. The Hall–Kier alpha value is -2.83. The average Bonchev–Trinajstić information content (AvgIpc) is 2.66. The molecule has 1 amide bonds. The molecule has 6 nitrogen and oxygen atoms in total. The first-order valence-corrected chi connectivity index (χ1v) is 8.32. The molecule has 26 heavy (non-hydrogen) atoms. The van der Waals surface area contributed by atoms with Crippen LogP contribution in [-0.4, -0.2) is 23.2 Å². The van der Waals surface area contributed by atoms with E-state index < -0.39 is 0 Å². The van der Waals surface area contributed by atoms with Crippen LogP contribution in [0.3, 0.4) is 0 Å². The van der Waals surface area contributed by atoms with Gasteiger partial charge in [-0.15, -0.1) is 10.2 Å². The lowest BCUT2D eigenvalue weighted by Gasteiger charge is -2.10. The number of anilines is 3. The van der Waals surface area contributed by atoms with E-state index in [0.29, 0.717) is 38.7 Å². The zero-order chi connectivity index (χ0) is 18.5. The van der Waals surface area contributed by atoms with E-state index in [4.69, 9.17) is 27.9 Å². The van der Waals surface area contributed by atoms with Crippen molar-refractivity contribution in [1.29, 1.82) is 0 Å². The molecule has 0 unspecified atom stereocenters. The molecule has 0 aliphatic rings. The third-order valence-electron chi connectivity index (χ3n) is 3.45. The van der Waals surface area contributed by atoms with Gasteiger partial charge < -0.3 is 15.4 Å². The van der Waals surface area contributed by atoms with Crippen molar-refractivity contribution >= 4 is 46.4 Å². The molecule has 0 spiro atoms. The van der Waals surface area contributed by atoms with E-state index >= 15 is 0 Å². The van der Waals surface area contributed by atoms with E-state index in [0.717, 1.165) is 0 Å². The van der Waals surface area contributed by atoms with Gasteiger partial charge in [0.25, 0.3) is 5.91 Å². The van der Waals surface area contributed by atoms with Crippen molar-refractivity contribution in [1.82, 2.24) is 10.2 Å². The third-order valence-corrected chi connectivity index (χ3v) is 4.01. The number of nitrogens with zero attached hydrogens (tertiary/aromatic N) is 2. The molecule has 132 valence electrons. The Bertz CT molecular complexity index is 933. The number of carbonyl (C=O) groups is 1. The minimum absolute atomic E-state index is 0.309. The van der Waals surface area contributed by atoms with E-state index in [1.54, 1.807) is 54.6 Å². The summed E-state index contributed by atoms with van der Waals surface area (Å²) < 4.78 is 5.18. The predicted molar refractivity (Wildman–Crippen MR) is 103 cm³/mol. The first-order chi connectivity index (χ1) is 12.6. The molecule has 3 rings (SSSR count). The maximum absolute atomic E-state index is 12.3. The Kier molecular flexibility index (Phi) is 5.55. The number of hydrogen-bond acceptors (Lipinski definition) is 5. The SMILES string of the molecule is COc1ccccc1C(=O)Nc1ccc(Nc2cc(Cl)ccc2Cl)nn1. The lowest BCUT2D eigenvalue weighted by molar-refractivity contribution is 0.102. The van der Waals surface area contributed by atoms with Crippen LogP contribution >= 0.6 is 23.2 Å². The summed E-state index contributed by atoms with van der Waals surface area (Å²) in [7, 11) is 1.51. The third kappa shape index (κ3) is 4.22. The molecule has 0 radical (unpaired) electrons. The molecular formula is C18H14Cl2N4O2. The highest BCUT2D eigenvalue weighted by Gasteiger charge is 2.12. The molecule has 0 atom stereocenters. The van der Waals surface area contributed by atoms with Crippen LogP contribution in [0.4, 0.5) is 17.3 Å². The highest BCUT2D eigenvalue weighted by Crippen LogP contribution is 2.27. The van der Waals surface area contributed by atoms with E-state index in [2.05, 4.69) is 20.8 Å². The normalized spacial score (nSPS) is 10.3. The van der Waals surface area contributed by atoms with Crippen LogP contribution in [0.5, 0.6) is 5.75 Å². The quantitative estimate of drug-likeness (QED) is 0.656. The number of ether oxygens (including phenoxy) is 1. The van der Waals surface area contributed by atoms with Gasteiger partial charge in [-0.2, -0.15) is 0 Å². The number of nitrogens with one attached hydrogen (secondary N) is 2. The molecule has 0 saturated heterocycles. The van der Waals surface area contributed by atoms with Gasteiger partial charge in [0, 0.05) is 5.02 Å². The summed E-state index contributed by atoms with van der Waals surface area (Å²) in [6.45, 7) is 0. The summed E-state index contributed by atoms with van der Waals surface area (Å²) in [6.07, 6.45) is 0. The van der Waals surface area contributed by atoms with Crippen molar-refractivity contribution in [3.8, 4) is 5.75 Å². The summed E-state index contributed by atoms with van der Waals surface area (Å²) in [5.41, 5.74) is 1.02. The first-order valence-electron chi connectivity index (χ1n) is 7.57. The van der Waals surface area contributed by atoms with Crippen LogP contribution in [-0.2, 0) is 0 Å². The molecule has 1 aromatic heterocycles. The Morgan fingerprint density at radius 1 is 1.00 bits per heavy atom. The van der Waals surface area contributed by atoms with Crippen LogP contribution < -0.4 is 15.4 Å². The van der Waals surface area contributed by atoms with Crippen molar-refractivity contribution in [2.45, 2.75) is 0 Å². The number of amides is 1. The molecule has 0 aliphatic carbocycles. The summed E-state index contributed by atoms with van der Waals surface area (Å²) in [5, 5.41) is 14.8. The molecule has 0 aliphatic heterocycles. The zero-order valence-electron chi connectivity index (χ0n) is 13.7. The van der Waals surface area contributed by atoms with Gasteiger partial charge >= 0.3 is 0 Å². The van der Waals surface area contributed by atoms with Gasteiger partial charge in [0.05, 0.1) is 23.4 Å². The molecule has 3 aromatic rings. The van der Waals surface area contributed by atoms with Gasteiger partial charge in [0.2, 0.25) is 0 Å². The van der Waals surface area contributed by atoms with E-state index in [9.17, 15) is 4.79 Å². The smallest absolute Gasteiger partial charge is 0.260 e. The minimum atomic E-state index is -0.338. The van der Waals surface area contributed by atoms with Crippen LogP contribution in [0.15, 0.2) is 54.6 Å². The van der Waals surface area contributed by atoms with Crippen LogP contribution in [0, 0.1) is 0 Å². The number of para-hydroxylation sites is 1. The minimum Gasteiger partial charge on any atom is -0.496 e. The monoisotopic (exact) mass is 388 g/mol. The van der Waals surface area contributed by atoms with Gasteiger partial charge in [-0.1, -0.05) is 35.3 Å². The lowest BCUT2D eigenvalue weighted by Crippen LogP contribution is -2.14. The Morgan fingerprint density at radius 3 is 2.46 bits per heavy atom. The maximum Gasteiger partial charge on any atom is 0.260 e. The van der Waals surface area contributed by atoms with Crippen molar-refractivity contribution in [3.63, 3.8) is 0 Å². The second-order valence-corrected chi connectivity index (χ2v) is 6.05. The van der Waals surface area contributed by atoms with E-state index in [1.165, 1.54) is 7.11 Å². The van der Waals surface area contributed by atoms with Gasteiger partial charge in [0.15, 0.2) is 11.6 Å². The average molecular weight is 389 g/mol. The highest BCUT2D eigenvalue weighted by atomic mass is 35.5. The highest BCUT2D eigenvalue weighted by molar-refractivity contribution is 6.35. The van der Waals surface area contributed by atoms with Gasteiger partial charge in [0.1, 0.15) is 5.75 Å². The topological polar surface area (TPSA) is 76.1 Å². The van der Waals surface area contributed by atoms with Crippen LogP contribution in [0.2, 0.25) is 10.0 Å². The number of rotatable bonds is 5. The summed E-state index contributed by atoms with van der Waals surface area (Å²) >= 11 is 12.1. The maximum atomic E-state index is 12.3. The summed E-state index contributed by atoms with van der Waals surface area (Å²) in [5.74, 6) is 0.912. The Labute approximate surface area is 160 Å². The standard InChI is InChI=1S/C18H14Cl2N4O2/c1-26-15-5-3-2-4-12(15)18(25)22-17-9-8-16(23-24-17)21-14-10-11(19)6-7-13(14)20/h2-10H,1H3,(H,21,23)(H,22,24,25). The Balaban J connectivity index is 1.71. The molecule has 0 fully saturated rings. The van der Waals surface area contributed by atoms with E-state index in [1.807, 2.05) is 0 Å². The summed E-state index contributed by atoms with van der Waals surface area (Å²) in [4.78, 5) is 12.3. The van der Waals surface area contributed by atoms with Gasteiger partial charge in [-0.3, -0.25) is 4.79 Å². The number of hydrogen-bond donors (Lipinski definition) is 2. The fourth-order valence-corrected chi connectivity index (χ4v) is 2.55. The molecule has 2 aromatic carbocycles. The Morgan fingerprint density at radius 2 is 1.73 bits per heavy atom. The molecule has 8 heteroatoms. The largest absolute Gasteiger partial charge is 0.496 e. The fourth-order valence-electron chi connectivity index (χ4n) is 2.21. The van der Waals surface area contributed by atoms with Gasteiger partial charge in [-0.25, -0.2) is 0 Å². The number of halogens is 2. The molecule has 2 N–H and O–H groups in total. The van der Waals surface area contributed by atoms with Crippen molar-refractivity contribution in [2.75, 3.05) is 17.7 Å². The second kappa shape index (κ2) is 8.03. The van der Waals surface area contributed by atoms with Crippen LogP contribution in [0.25, 0.3) is 0 Å². The number of carbonyl (C=O) groups excluding carboxylic acids is 1. The molecule has 0 saturated carbocycles. The fraction of sp³-hybridized carbons (Fsp3) is 0.0556. The van der Waals surface area contributed by atoms with E-state index in [-0.39, 0.29) is 5.91 Å². The first kappa shape index (κ1) is 18.0. The molecular weight excluding hydrogens is 375 g/mol. The van der Waals surface area contributed by atoms with Crippen LogP contribution in [0.1, 0.15) is 10.4 Å². The second-order valence-electron chi connectivity index (χ2n) is 5.21. The molecule has 0 bridgehead atoms. The van der Waals surface area contributed by atoms with Crippen molar-refractivity contribution in [2.24, 2.45) is 0 Å². The summed E-state index contributed by atoms with van der Waals surface area (Å²) in [6, 6.07) is 15.3. The zero-order valence-corrected chi connectivity index (χ0v) is 15.2. The van der Waals surface area contributed by atoms with Crippen molar-refractivity contribution < 1.29 is 9.53 Å². The van der Waals surface area contributed by atoms with Gasteiger partial charge in [-0.05, 0) is 42.5 Å². The number of benzene rings is 2. The van der Waals surface area contributed by atoms with Crippen molar-refractivity contribution in [3.05, 3.63) is 70.2 Å². The predicted octanol–water partition coefficient (Wildman–Crippen LogP) is 4.79. The number of methoxy groups -OCH3 is 1.